The molecule has 1 unspecified atom stereocenters. The number of rotatable bonds is 8. The molecule has 1 rings (SSSR count). The van der Waals surface area contributed by atoms with E-state index in [0.29, 0.717) is 5.92 Å². The summed E-state index contributed by atoms with van der Waals surface area (Å²) < 4.78 is 0. The summed E-state index contributed by atoms with van der Waals surface area (Å²) in [6.45, 7) is 13.8. The van der Waals surface area contributed by atoms with Crippen LogP contribution in [0.5, 0.6) is 0 Å². The summed E-state index contributed by atoms with van der Waals surface area (Å²) in [5, 5.41) is 3.34. The van der Waals surface area contributed by atoms with Gasteiger partial charge >= 0.3 is 0 Å². The maximum atomic E-state index is 4.58. The van der Waals surface area contributed by atoms with Gasteiger partial charge in [0.2, 0.25) is 0 Å². The van der Waals surface area contributed by atoms with E-state index in [0.717, 1.165) is 43.5 Å². The van der Waals surface area contributed by atoms with Gasteiger partial charge in [-0.1, -0.05) is 27.2 Å². The fourth-order valence-electron chi connectivity index (χ4n) is 1.95. The Morgan fingerprint density at radius 1 is 1.26 bits per heavy atom. The summed E-state index contributed by atoms with van der Waals surface area (Å²) in [6, 6.07) is 2.06. The lowest BCUT2D eigenvalue weighted by Crippen LogP contribution is -2.29. The van der Waals surface area contributed by atoms with Crippen LogP contribution in [-0.4, -0.2) is 29.6 Å². The second-order valence-corrected chi connectivity index (χ2v) is 5.14. The molecule has 0 aliphatic heterocycles. The normalized spacial score (nSPS) is 12.3. The number of hydrogen-bond donors (Lipinski definition) is 1. The van der Waals surface area contributed by atoms with Gasteiger partial charge in [0, 0.05) is 25.7 Å². The number of anilines is 2. The van der Waals surface area contributed by atoms with Crippen LogP contribution in [0.2, 0.25) is 0 Å². The Labute approximate surface area is 117 Å². The zero-order valence-electron chi connectivity index (χ0n) is 13.0. The van der Waals surface area contributed by atoms with E-state index in [-0.39, 0.29) is 0 Å². The Morgan fingerprint density at radius 3 is 2.58 bits per heavy atom. The highest BCUT2D eigenvalue weighted by Gasteiger charge is 2.11. The second-order valence-electron chi connectivity index (χ2n) is 5.14. The van der Waals surface area contributed by atoms with Gasteiger partial charge in [-0.25, -0.2) is 9.97 Å². The molecule has 0 fully saturated rings. The first-order valence-corrected chi connectivity index (χ1v) is 7.45. The zero-order chi connectivity index (χ0) is 14.3. The molecule has 0 aromatic carbocycles. The van der Waals surface area contributed by atoms with Crippen molar-refractivity contribution in [2.75, 3.05) is 29.9 Å². The Hall–Kier alpha value is -1.32. The molecule has 1 atom stereocenters. The minimum absolute atomic E-state index is 0.683. The molecule has 0 amide bonds. The van der Waals surface area contributed by atoms with E-state index in [4.69, 9.17) is 0 Å². The van der Waals surface area contributed by atoms with Gasteiger partial charge in [-0.05, 0) is 26.2 Å². The van der Waals surface area contributed by atoms with Crippen molar-refractivity contribution in [2.24, 2.45) is 5.92 Å². The Balaban J connectivity index is 2.86. The summed E-state index contributed by atoms with van der Waals surface area (Å²) in [4.78, 5) is 11.3. The topological polar surface area (TPSA) is 41.0 Å². The van der Waals surface area contributed by atoms with Crippen LogP contribution in [-0.2, 0) is 0 Å². The molecule has 0 bridgehead atoms. The average molecular weight is 264 g/mol. The van der Waals surface area contributed by atoms with Crippen molar-refractivity contribution in [3.63, 3.8) is 0 Å². The van der Waals surface area contributed by atoms with Crippen molar-refractivity contribution < 1.29 is 0 Å². The van der Waals surface area contributed by atoms with E-state index in [1.54, 1.807) is 0 Å². The molecule has 0 saturated heterocycles. The highest BCUT2D eigenvalue weighted by atomic mass is 15.2. The molecule has 0 aliphatic carbocycles. The molecule has 1 heterocycles. The minimum atomic E-state index is 0.683. The third-order valence-corrected chi connectivity index (χ3v) is 3.32. The van der Waals surface area contributed by atoms with E-state index in [1.807, 2.05) is 6.92 Å². The predicted octanol–water partition coefficient (Wildman–Crippen LogP) is 3.48. The smallest absolute Gasteiger partial charge is 0.134 e. The first kappa shape index (κ1) is 15.7. The summed E-state index contributed by atoms with van der Waals surface area (Å²) in [6.07, 6.45) is 2.30. The van der Waals surface area contributed by atoms with Crippen LogP contribution in [0, 0.1) is 12.8 Å². The summed E-state index contributed by atoms with van der Waals surface area (Å²) in [5.74, 6) is 3.49. The summed E-state index contributed by atoms with van der Waals surface area (Å²) in [5.41, 5.74) is 0. The molecule has 108 valence electrons. The van der Waals surface area contributed by atoms with Gasteiger partial charge in [0.25, 0.3) is 0 Å². The van der Waals surface area contributed by atoms with E-state index in [9.17, 15) is 0 Å². The van der Waals surface area contributed by atoms with Crippen molar-refractivity contribution in [2.45, 2.75) is 47.5 Å². The molecule has 4 heteroatoms. The maximum Gasteiger partial charge on any atom is 0.134 e. The van der Waals surface area contributed by atoms with E-state index in [1.165, 1.54) is 6.42 Å². The van der Waals surface area contributed by atoms with Crippen LogP contribution in [0.1, 0.15) is 46.4 Å². The highest BCUT2D eigenvalue weighted by Crippen LogP contribution is 2.18. The molecule has 1 aromatic heterocycles. The highest BCUT2D eigenvalue weighted by molar-refractivity contribution is 5.49. The maximum absolute atomic E-state index is 4.58. The minimum Gasteiger partial charge on any atom is -0.370 e. The van der Waals surface area contributed by atoms with Crippen molar-refractivity contribution >= 4 is 11.6 Å². The summed E-state index contributed by atoms with van der Waals surface area (Å²) in [7, 11) is 0. The lowest BCUT2D eigenvalue weighted by atomic mass is 10.1. The lowest BCUT2D eigenvalue weighted by molar-refractivity contribution is 0.545. The molecule has 4 nitrogen and oxygen atoms in total. The van der Waals surface area contributed by atoms with Crippen molar-refractivity contribution in [3.8, 4) is 0 Å². The molecule has 0 spiro atoms. The largest absolute Gasteiger partial charge is 0.370 e. The fourth-order valence-corrected chi connectivity index (χ4v) is 1.95. The predicted molar refractivity (Wildman–Crippen MR) is 82.9 cm³/mol. The number of hydrogen-bond acceptors (Lipinski definition) is 4. The van der Waals surface area contributed by atoms with Crippen LogP contribution in [0.15, 0.2) is 6.07 Å². The third-order valence-electron chi connectivity index (χ3n) is 3.32. The van der Waals surface area contributed by atoms with Gasteiger partial charge in [0.1, 0.15) is 17.5 Å². The van der Waals surface area contributed by atoms with Crippen LogP contribution in [0.4, 0.5) is 11.6 Å². The number of nitrogens with zero attached hydrogens (tertiary/aromatic N) is 3. The Bertz CT molecular complexity index is 378. The van der Waals surface area contributed by atoms with Gasteiger partial charge in [-0.3, -0.25) is 0 Å². The third kappa shape index (κ3) is 5.05. The average Bonchev–Trinajstić information content (AvgIpc) is 2.41. The van der Waals surface area contributed by atoms with Gasteiger partial charge in [0.15, 0.2) is 0 Å². The van der Waals surface area contributed by atoms with Crippen LogP contribution >= 0.6 is 0 Å². The van der Waals surface area contributed by atoms with Gasteiger partial charge in [0.05, 0.1) is 0 Å². The van der Waals surface area contributed by atoms with Crippen molar-refractivity contribution in [1.29, 1.82) is 0 Å². The van der Waals surface area contributed by atoms with Crippen LogP contribution in [0.3, 0.4) is 0 Å². The Kier molecular flexibility index (Phi) is 6.60. The molecule has 0 saturated carbocycles. The van der Waals surface area contributed by atoms with Gasteiger partial charge in [-0.2, -0.15) is 0 Å². The molecule has 0 radical (unpaired) electrons. The van der Waals surface area contributed by atoms with Gasteiger partial charge in [-0.15, -0.1) is 0 Å². The molecular formula is C15H28N4. The van der Waals surface area contributed by atoms with Crippen molar-refractivity contribution in [3.05, 3.63) is 11.9 Å². The molecule has 1 N–H and O–H groups in total. The van der Waals surface area contributed by atoms with Crippen LogP contribution in [0.25, 0.3) is 0 Å². The standard InChI is InChI=1S/C15H28N4/c1-6-9-16-14-10-15(18-13(5)17-14)19(8-3)11-12(4)7-2/h10,12H,6-9,11H2,1-5H3,(H,16,17,18). The van der Waals surface area contributed by atoms with Gasteiger partial charge < -0.3 is 10.2 Å². The first-order chi connectivity index (χ1) is 9.10. The number of aryl methyl sites for hydroxylation is 1. The monoisotopic (exact) mass is 264 g/mol. The van der Waals surface area contributed by atoms with E-state index >= 15 is 0 Å². The van der Waals surface area contributed by atoms with Crippen LogP contribution < -0.4 is 10.2 Å². The van der Waals surface area contributed by atoms with E-state index in [2.05, 4.69) is 53.9 Å². The number of nitrogens with one attached hydrogen (secondary N) is 1. The molecular weight excluding hydrogens is 236 g/mol. The SMILES string of the molecule is CCCNc1cc(N(CC)CC(C)CC)nc(C)n1. The zero-order valence-corrected chi connectivity index (χ0v) is 13.0. The Morgan fingerprint density at radius 2 is 2.00 bits per heavy atom. The lowest BCUT2D eigenvalue weighted by Gasteiger charge is -2.25. The fraction of sp³-hybridized carbons (Fsp3) is 0.733. The van der Waals surface area contributed by atoms with Crippen molar-refractivity contribution in [1.82, 2.24) is 9.97 Å². The molecule has 0 aliphatic rings. The molecule has 1 aromatic rings. The summed E-state index contributed by atoms with van der Waals surface area (Å²) >= 11 is 0. The first-order valence-electron chi connectivity index (χ1n) is 7.45. The number of aromatic nitrogens is 2. The van der Waals surface area contributed by atoms with E-state index < -0.39 is 0 Å². The molecule has 19 heavy (non-hydrogen) atoms. The second kappa shape index (κ2) is 7.97. The quantitative estimate of drug-likeness (QED) is 0.780.